The monoisotopic (exact) mass is 321 g/mol. The number of aryl methyl sites for hydroxylation is 1. The molecule has 2 aliphatic heterocycles. The van der Waals surface area contributed by atoms with Crippen LogP contribution in [0.15, 0.2) is 0 Å². The number of aromatic nitrogens is 3. The molecule has 0 aromatic carbocycles. The summed E-state index contributed by atoms with van der Waals surface area (Å²) in [6.07, 6.45) is 1.51. The summed E-state index contributed by atoms with van der Waals surface area (Å²) >= 11 is 0. The molecule has 8 nitrogen and oxygen atoms in total. The summed E-state index contributed by atoms with van der Waals surface area (Å²) in [5, 5.41) is 7.06. The molecule has 8 heteroatoms. The van der Waals surface area contributed by atoms with E-state index < -0.39 is 0 Å². The van der Waals surface area contributed by atoms with Gasteiger partial charge in [-0.1, -0.05) is 6.92 Å². The average Bonchev–Trinajstić information content (AvgIpc) is 3.06. The van der Waals surface area contributed by atoms with Crippen molar-refractivity contribution >= 4 is 11.8 Å². The zero-order valence-electron chi connectivity index (χ0n) is 13.6. The first-order valence-corrected chi connectivity index (χ1v) is 8.14. The molecule has 2 atom stereocenters. The maximum atomic E-state index is 12.7. The number of carbonyl (C=O) groups is 2. The third-order valence-corrected chi connectivity index (χ3v) is 4.56. The van der Waals surface area contributed by atoms with Gasteiger partial charge in [0.1, 0.15) is 11.9 Å². The van der Waals surface area contributed by atoms with E-state index in [1.165, 1.54) is 0 Å². The van der Waals surface area contributed by atoms with Crippen molar-refractivity contribution < 1.29 is 14.3 Å². The van der Waals surface area contributed by atoms with Crippen LogP contribution in [0.3, 0.4) is 0 Å². The third-order valence-electron chi connectivity index (χ3n) is 4.56. The summed E-state index contributed by atoms with van der Waals surface area (Å²) in [5.41, 5.74) is 0. The van der Waals surface area contributed by atoms with Crippen LogP contribution in [0, 0.1) is 5.92 Å². The second kappa shape index (κ2) is 6.66. The summed E-state index contributed by atoms with van der Waals surface area (Å²) in [6, 6.07) is 0. The van der Waals surface area contributed by atoms with Crippen molar-refractivity contribution in [3.8, 4) is 0 Å². The molecule has 0 unspecified atom stereocenters. The molecule has 23 heavy (non-hydrogen) atoms. The Morgan fingerprint density at radius 1 is 1.43 bits per heavy atom. The van der Waals surface area contributed by atoms with E-state index in [2.05, 4.69) is 15.2 Å². The fourth-order valence-corrected chi connectivity index (χ4v) is 3.03. The third kappa shape index (κ3) is 3.36. The maximum absolute atomic E-state index is 12.7. The number of piperidine rings is 1. The van der Waals surface area contributed by atoms with Crippen molar-refractivity contribution in [2.24, 2.45) is 5.92 Å². The van der Waals surface area contributed by atoms with Crippen LogP contribution in [0.5, 0.6) is 0 Å². The number of hydrogen-bond donors (Lipinski definition) is 1. The summed E-state index contributed by atoms with van der Waals surface area (Å²) in [6.45, 7) is 4.11. The molecule has 3 heterocycles. The lowest BCUT2D eigenvalue weighted by atomic mass is 9.94. The van der Waals surface area contributed by atoms with Crippen LogP contribution in [0.4, 0.5) is 0 Å². The van der Waals surface area contributed by atoms with Gasteiger partial charge in [-0.3, -0.25) is 14.7 Å². The van der Waals surface area contributed by atoms with Gasteiger partial charge in [-0.15, -0.1) is 0 Å². The average molecular weight is 321 g/mol. The number of morpholine rings is 1. The largest absolute Gasteiger partial charge is 0.366 e. The van der Waals surface area contributed by atoms with E-state index >= 15 is 0 Å². The number of amides is 2. The van der Waals surface area contributed by atoms with E-state index in [0.717, 1.165) is 18.7 Å². The highest BCUT2D eigenvalue weighted by molar-refractivity contribution is 5.87. The van der Waals surface area contributed by atoms with Crippen LogP contribution >= 0.6 is 0 Å². The number of hydrogen-bond acceptors (Lipinski definition) is 5. The van der Waals surface area contributed by atoms with E-state index in [1.807, 2.05) is 6.92 Å². The van der Waals surface area contributed by atoms with Crippen LogP contribution in [0.1, 0.15) is 37.5 Å². The highest BCUT2D eigenvalue weighted by Gasteiger charge is 2.35. The Bertz CT molecular complexity index is 587. The maximum Gasteiger partial charge on any atom is 0.226 e. The molecule has 3 rings (SSSR count). The van der Waals surface area contributed by atoms with Gasteiger partial charge < -0.3 is 14.5 Å². The van der Waals surface area contributed by atoms with Gasteiger partial charge in [-0.2, -0.15) is 5.10 Å². The predicted octanol–water partition coefficient (Wildman–Crippen LogP) is 0.135. The Labute approximate surface area is 135 Å². The SMILES string of the molecule is CCc1nc([C@H]2CN(C(=O)[C@@H]3CCN(C)C(=O)C3)CCO2)n[nH]1. The van der Waals surface area contributed by atoms with Crippen LogP contribution in [-0.4, -0.2) is 70.1 Å². The quantitative estimate of drug-likeness (QED) is 0.855. The topological polar surface area (TPSA) is 91.4 Å². The van der Waals surface area contributed by atoms with Crippen molar-refractivity contribution in [2.45, 2.75) is 32.3 Å². The highest BCUT2D eigenvalue weighted by atomic mass is 16.5. The number of nitrogens with one attached hydrogen (secondary N) is 1. The Hall–Kier alpha value is -1.96. The second-order valence-electron chi connectivity index (χ2n) is 6.14. The van der Waals surface area contributed by atoms with E-state index in [0.29, 0.717) is 38.5 Å². The standard InChI is InChI=1S/C15H23N5O3/c1-3-12-16-14(18-17-12)11-9-20(6-7-23-11)15(22)10-4-5-19(2)13(21)8-10/h10-11H,3-9H2,1-2H3,(H,16,17,18)/t10-,11-/m1/s1. The molecule has 1 N–H and O–H groups in total. The Morgan fingerprint density at radius 2 is 2.26 bits per heavy atom. The smallest absolute Gasteiger partial charge is 0.226 e. The number of carbonyl (C=O) groups excluding carboxylic acids is 2. The minimum atomic E-state index is -0.300. The van der Waals surface area contributed by atoms with Gasteiger partial charge in [-0.25, -0.2) is 4.98 Å². The number of ether oxygens (including phenoxy) is 1. The van der Waals surface area contributed by atoms with Crippen molar-refractivity contribution in [3.05, 3.63) is 11.6 Å². The minimum Gasteiger partial charge on any atom is -0.366 e. The molecule has 126 valence electrons. The number of likely N-dealkylation sites (tertiary alicyclic amines) is 1. The highest BCUT2D eigenvalue weighted by Crippen LogP contribution is 2.24. The summed E-state index contributed by atoms with van der Waals surface area (Å²) in [4.78, 5) is 32.4. The minimum absolute atomic E-state index is 0.0426. The van der Waals surface area contributed by atoms with E-state index in [4.69, 9.17) is 4.74 Å². The number of rotatable bonds is 3. The lowest BCUT2D eigenvalue weighted by molar-refractivity contribution is -0.149. The molecule has 0 aliphatic carbocycles. The first kappa shape index (κ1) is 15.9. The second-order valence-corrected chi connectivity index (χ2v) is 6.14. The van der Waals surface area contributed by atoms with Crippen molar-refractivity contribution in [1.82, 2.24) is 25.0 Å². The van der Waals surface area contributed by atoms with Gasteiger partial charge in [0.2, 0.25) is 11.8 Å². The molecular formula is C15H23N5O3. The van der Waals surface area contributed by atoms with Crippen LogP contribution < -0.4 is 0 Å². The van der Waals surface area contributed by atoms with Crippen molar-refractivity contribution in [2.75, 3.05) is 33.3 Å². The van der Waals surface area contributed by atoms with Crippen LogP contribution in [0.25, 0.3) is 0 Å². The molecule has 0 spiro atoms. The van der Waals surface area contributed by atoms with Crippen molar-refractivity contribution in [1.29, 1.82) is 0 Å². The first-order valence-electron chi connectivity index (χ1n) is 8.14. The van der Waals surface area contributed by atoms with Crippen LogP contribution in [-0.2, 0) is 20.7 Å². The first-order chi connectivity index (χ1) is 11.1. The van der Waals surface area contributed by atoms with Gasteiger partial charge in [0.25, 0.3) is 0 Å². The van der Waals surface area contributed by atoms with E-state index in [9.17, 15) is 9.59 Å². The van der Waals surface area contributed by atoms with E-state index in [1.54, 1.807) is 16.8 Å². The lowest BCUT2D eigenvalue weighted by Crippen LogP contribution is -2.48. The molecule has 2 fully saturated rings. The van der Waals surface area contributed by atoms with Gasteiger partial charge in [0.05, 0.1) is 13.2 Å². The molecule has 1 aromatic rings. The molecule has 2 amide bonds. The Morgan fingerprint density at radius 3 is 2.96 bits per heavy atom. The summed E-state index contributed by atoms with van der Waals surface area (Å²) in [7, 11) is 1.78. The number of aromatic amines is 1. The molecule has 1 aromatic heterocycles. The zero-order valence-corrected chi connectivity index (χ0v) is 13.6. The molecule has 0 radical (unpaired) electrons. The molecule has 0 bridgehead atoms. The van der Waals surface area contributed by atoms with Gasteiger partial charge in [0, 0.05) is 38.9 Å². The Balaban J connectivity index is 1.63. The molecular weight excluding hydrogens is 298 g/mol. The predicted molar refractivity (Wildman–Crippen MR) is 81.4 cm³/mol. The molecule has 2 saturated heterocycles. The normalized spacial score (nSPS) is 25.7. The molecule has 0 saturated carbocycles. The lowest BCUT2D eigenvalue weighted by Gasteiger charge is -2.36. The van der Waals surface area contributed by atoms with E-state index in [-0.39, 0.29) is 23.8 Å². The van der Waals surface area contributed by atoms with Crippen LogP contribution in [0.2, 0.25) is 0 Å². The number of nitrogens with zero attached hydrogens (tertiary/aromatic N) is 4. The Kier molecular flexibility index (Phi) is 4.61. The summed E-state index contributed by atoms with van der Waals surface area (Å²) in [5.74, 6) is 1.29. The van der Waals surface area contributed by atoms with Gasteiger partial charge >= 0.3 is 0 Å². The van der Waals surface area contributed by atoms with Gasteiger partial charge in [0.15, 0.2) is 5.82 Å². The van der Waals surface area contributed by atoms with Gasteiger partial charge in [-0.05, 0) is 6.42 Å². The zero-order chi connectivity index (χ0) is 16.4. The number of H-pyrrole nitrogens is 1. The fourth-order valence-electron chi connectivity index (χ4n) is 3.03. The fraction of sp³-hybridized carbons (Fsp3) is 0.733. The summed E-state index contributed by atoms with van der Waals surface area (Å²) < 4.78 is 5.71. The van der Waals surface area contributed by atoms with Crippen molar-refractivity contribution in [3.63, 3.8) is 0 Å². The molecule has 2 aliphatic rings.